The normalized spacial score (nSPS) is 18.6. The molecule has 2 rings (SSSR count). The van der Waals surface area contributed by atoms with Crippen molar-refractivity contribution in [2.45, 2.75) is 23.8 Å². The minimum atomic E-state index is -3.88. The van der Waals surface area contributed by atoms with Gasteiger partial charge in [0, 0.05) is 20.2 Å². The summed E-state index contributed by atoms with van der Waals surface area (Å²) in [6, 6.07) is 3.88. The molecular formula is C12H17FN2O3S. The van der Waals surface area contributed by atoms with Crippen molar-refractivity contribution in [3.8, 4) is 0 Å². The molecule has 1 saturated heterocycles. The molecule has 5 nitrogen and oxygen atoms in total. The van der Waals surface area contributed by atoms with Crippen LogP contribution in [0, 0.1) is 5.82 Å². The van der Waals surface area contributed by atoms with Crippen LogP contribution in [0.3, 0.4) is 0 Å². The third kappa shape index (κ3) is 2.72. The Hall–Kier alpha value is -1.18. The average molecular weight is 288 g/mol. The highest BCUT2D eigenvalue weighted by molar-refractivity contribution is 7.89. The van der Waals surface area contributed by atoms with E-state index in [2.05, 4.69) is 0 Å². The van der Waals surface area contributed by atoms with Gasteiger partial charge in [-0.1, -0.05) is 6.07 Å². The number of hydrogen-bond donors (Lipinski definition) is 1. The zero-order chi connectivity index (χ0) is 14.0. The summed E-state index contributed by atoms with van der Waals surface area (Å²) in [6.07, 6.45) is 1.26. The number of hydrogen-bond acceptors (Lipinski definition) is 4. The Bertz CT molecular complexity index is 534. The molecule has 0 aliphatic carbocycles. The maximum Gasteiger partial charge on any atom is 0.248 e. The summed E-state index contributed by atoms with van der Waals surface area (Å²) in [5.74, 6) is -0.811. The Kier molecular flexibility index (Phi) is 4.07. The number of anilines is 1. The van der Waals surface area contributed by atoms with Gasteiger partial charge in [-0.2, -0.15) is 4.31 Å². The first-order chi connectivity index (χ1) is 8.96. The van der Waals surface area contributed by atoms with Crippen molar-refractivity contribution in [2.75, 3.05) is 25.9 Å². The van der Waals surface area contributed by atoms with Gasteiger partial charge in [0.25, 0.3) is 0 Å². The molecule has 106 valence electrons. The van der Waals surface area contributed by atoms with Gasteiger partial charge in [0.1, 0.15) is 10.7 Å². The van der Waals surface area contributed by atoms with Crippen LogP contribution >= 0.6 is 0 Å². The number of nitrogens with zero attached hydrogens (tertiary/aromatic N) is 1. The lowest BCUT2D eigenvalue weighted by Gasteiger charge is -2.30. The van der Waals surface area contributed by atoms with Crippen LogP contribution in [0.15, 0.2) is 23.1 Å². The van der Waals surface area contributed by atoms with Gasteiger partial charge in [-0.25, -0.2) is 12.8 Å². The summed E-state index contributed by atoms with van der Waals surface area (Å²) in [6.45, 7) is 0.628. The van der Waals surface area contributed by atoms with Gasteiger partial charge in [-0.05, 0) is 25.0 Å². The molecule has 0 bridgehead atoms. The summed E-state index contributed by atoms with van der Waals surface area (Å²) in [4.78, 5) is -0.425. The molecule has 0 spiro atoms. The summed E-state index contributed by atoms with van der Waals surface area (Å²) in [5.41, 5.74) is 5.54. The molecule has 1 aromatic carbocycles. The third-order valence-electron chi connectivity index (χ3n) is 3.33. The molecule has 0 saturated carbocycles. The lowest BCUT2D eigenvalue weighted by Crippen LogP contribution is -2.41. The van der Waals surface area contributed by atoms with E-state index in [9.17, 15) is 12.8 Å². The molecule has 2 N–H and O–H groups in total. The van der Waals surface area contributed by atoms with Crippen LogP contribution in [0.4, 0.5) is 10.1 Å². The van der Waals surface area contributed by atoms with Crippen LogP contribution < -0.4 is 5.73 Å². The Labute approximate surface area is 112 Å². The summed E-state index contributed by atoms with van der Waals surface area (Å²) in [5, 5.41) is 0. The SMILES string of the molecule is COC1CCN(S(=O)(=O)c2c(N)cccc2F)CC1. The largest absolute Gasteiger partial charge is 0.398 e. The predicted octanol–water partition coefficient (Wildman–Crippen LogP) is 1.21. The molecule has 1 aliphatic rings. The number of rotatable bonds is 3. The molecule has 1 aliphatic heterocycles. The molecule has 7 heteroatoms. The lowest BCUT2D eigenvalue weighted by molar-refractivity contribution is 0.0604. The Morgan fingerprint density at radius 2 is 2.00 bits per heavy atom. The van der Waals surface area contributed by atoms with Crippen molar-refractivity contribution in [1.82, 2.24) is 4.31 Å². The van der Waals surface area contributed by atoms with Gasteiger partial charge in [0.05, 0.1) is 11.8 Å². The Balaban J connectivity index is 2.29. The van der Waals surface area contributed by atoms with E-state index in [-0.39, 0.29) is 11.8 Å². The van der Waals surface area contributed by atoms with Crippen molar-refractivity contribution in [2.24, 2.45) is 0 Å². The Morgan fingerprint density at radius 3 is 2.53 bits per heavy atom. The number of benzene rings is 1. The highest BCUT2D eigenvalue weighted by atomic mass is 32.2. The van der Waals surface area contributed by atoms with Crippen LogP contribution in [-0.4, -0.2) is 39.0 Å². The zero-order valence-corrected chi connectivity index (χ0v) is 11.5. The number of halogens is 1. The molecule has 1 fully saturated rings. The lowest BCUT2D eigenvalue weighted by atomic mass is 10.1. The second-order valence-corrected chi connectivity index (χ2v) is 6.37. The van der Waals surface area contributed by atoms with Gasteiger partial charge in [-0.3, -0.25) is 0 Å². The van der Waals surface area contributed by atoms with Crippen molar-refractivity contribution >= 4 is 15.7 Å². The number of sulfonamides is 1. The fraction of sp³-hybridized carbons (Fsp3) is 0.500. The topological polar surface area (TPSA) is 72.6 Å². The second kappa shape index (κ2) is 5.44. The van der Waals surface area contributed by atoms with E-state index in [0.29, 0.717) is 25.9 Å². The average Bonchev–Trinajstić information content (AvgIpc) is 2.38. The molecule has 0 amide bonds. The van der Waals surface area contributed by atoms with Crippen molar-refractivity contribution in [3.05, 3.63) is 24.0 Å². The number of piperidine rings is 1. The minimum Gasteiger partial charge on any atom is -0.398 e. The van der Waals surface area contributed by atoms with Crippen LogP contribution in [0.5, 0.6) is 0 Å². The van der Waals surface area contributed by atoms with Gasteiger partial charge < -0.3 is 10.5 Å². The summed E-state index contributed by atoms with van der Waals surface area (Å²) < 4.78 is 45.0. The molecule has 0 aromatic heterocycles. The molecule has 1 heterocycles. The molecule has 0 atom stereocenters. The number of nitrogens with two attached hydrogens (primary N) is 1. The van der Waals surface area contributed by atoms with Crippen LogP contribution in [0.2, 0.25) is 0 Å². The fourth-order valence-electron chi connectivity index (χ4n) is 2.23. The first kappa shape index (κ1) is 14.2. The molecule has 1 aromatic rings. The molecule has 19 heavy (non-hydrogen) atoms. The van der Waals surface area contributed by atoms with Gasteiger partial charge in [0.2, 0.25) is 10.0 Å². The fourth-order valence-corrected chi connectivity index (χ4v) is 3.87. The van der Waals surface area contributed by atoms with E-state index >= 15 is 0 Å². The van der Waals surface area contributed by atoms with Crippen molar-refractivity contribution in [3.63, 3.8) is 0 Å². The summed E-state index contributed by atoms with van der Waals surface area (Å²) >= 11 is 0. The van der Waals surface area contributed by atoms with Crippen LogP contribution in [-0.2, 0) is 14.8 Å². The van der Waals surface area contributed by atoms with Gasteiger partial charge in [-0.15, -0.1) is 0 Å². The third-order valence-corrected chi connectivity index (χ3v) is 5.32. The molecular weight excluding hydrogens is 271 g/mol. The predicted molar refractivity (Wildman–Crippen MR) is 69.6 cm³/mol. The van der Waals surface area contributed by atoms with Crippen molar-refractivity contribution < 1.29 is 17.5 Å². The van der Waals surface area contributed by atoms with Crippen molar-refractivity contribution in [1.29, 1.82) is 0 Å². The maximum absolute atomic E-state index is 13.7. The zero-order valence-electron chi connectivity index (χ0n) is 10.7. The highest BCUT2D eigenvalue weighted by Gasteiger charge is 2.32. The highest BCUT2D eigenvalue weighted by Crippen LogP contribution is 2.27. The monoisotopic (exact) mass is 288 g/mol. The van der Waals surface area contributed by atoms with Crippen LogP contribution in [0.1, 0.15) is 12.8 Å². The van der Waals surface area contributed by atoms with Gasteiger partial charge in [0.15, 0.2) is 0 Å². The van der Waals surface area contributed by atoms with E-state index in [1.165, 1.54) is 16.4 Å². The maximum atomic E-state index is 13.7. The summed E-state index contributed by atoms with van der Waals surface area (Å²) in [7, 11) is -2.28. The van der Waals surface area contributed by atoms with Gasteiger partial charge >= 0.3 is 0 Å². The smallest absolute Gasteiger partial charge is 0.248 e. The number of ether oxygens (including phenoxy) is 1. The van der Waals surface area contributed by atoms with E-state index in [1.807, 2.05) is 0 Å². The second-order valence-electron chi connectivity index (χ2n) is 4.50. The van der Waals surface area contributed by atoms with E-state index < -0.39 is 20.7 Å². The first-order valence-corrected chi connectivity index (χ1v) is 7.47. The van der Waals surface area contributed by atoms with Crippen LogP contribution in [0.25, 0.3) is 0 Å². The quantitative estimate of drug-likeness (QED) is 0.848. The van der Waals surface area contributed by atoms with E-state index in [0.717, 1.165) is 6.07 Å². The first-order valence-electron chi connectivity index (χ1n) is 6.03. The number of methoxy groups -OCH3 is 1. The number of nitrogen functional groups attached to an aromatic ring is 1. The standard InChI is InChI=1S/C12H17FN2O3S/c1-18-9-5-7-15(8-6-9)19(16,17)12-10(13)3-2-4-11(12)14/h2-4,9H,5-8,14H2,1H3. The molecule has 0 radical (unpaired) electrons. The van der Waals surface area contributed by atoms with E-state index in [1.54, 1.807) is 7.11 Å². The van der Waals surface area contributed by atoms with E-state index in [4.69, 9.17) is 10.5 Å². The minimum absolute atomic E-state index is 0.0596. The Morgan fingerprint density at radius 1 is 1.37 bits per heavy atom. The molecule has 0 unspecified atom stereocenters.